The number of anilines is 1. The number of hydrogen-bond acceptors (Lipinski definition) is 8. The van der Waals surface area contributed by atoms with Crippen LogP contribution in [-0.4, -0.2) is 77.9 Å². The van der Waals surface area contributed by atoms with Crippen LogP contribution in [0, 0.1) is 5.92 Å². The monoisotopic (exact) mass is 603 g/mol. The van der Waals surface area contributed by atoms with E-state index in [0.29, 0.717) is 61.5 Å². The number of rotatable bonds is 9. The second-order valence-electron chi connectivity index (χ2n) is 10.6. The molecule has 2 saturated heterocycles. The third-order valence-corrected chi connectivity index (χ3v) is 8.14. The number of methoxy groups -OCH3 is 1. The predicted octanol–water partition coefficient (Wildman–Crippen LogP) is 4.41. The van der Waals surface area contributed by atoms with E-state index >= 15 is 0 Å². The van der Waals surface area contributed by atoms with E-state index in [9.17, 15) is 13.2 Å². The number of alkyl halides is 3. The summed E-state index contributed by atoms with van der Waals surface area (Å²) in [5.74, 6) is 2.88. The van der Waals surface area contributed by atoms with Gasteiger partial charge in [-0.15, -0.1) is 0 Å². The first-order chi connectivity index (χ1) is 20.3. The van der Waals surface area contributed by atoms with Crippen LogP contribution in [0.3, 0.4) is 0 Å². The van der Waals surface area contributed by atoms with Crippen molar-refractivity contribution < 1.29 is 22.6 Å². The fraction of sp³-hybridized carbons (Fsp3) is 0.517. The SMILES string of the molecule is COc1cc2c(N3CCN(C(=S)NCc4ccc(C(F)(F)F)nc4)CC3)ncnc2cc1OCCCC1CCCNC1. The van der Waals surface area contributed by atoms with Crippen LogP contribution in [0.1, 0.15) is 36.9 Å². The molecule has 13 heteroatoms. The van der Waals surface area contributed by atoms with Gasteiger partial charge in [0.15, 0.2) is 16.6 Å². The third-order valence-electron chi connectivity index (χ3n) is 7.74. The lowest BCUT2D eigenvalue weighted by molar-refractivity contribution is -0.141. The van der Waals surface area contributed by atoms with Gasteiger partial charge in [0.05, 0.1) is 19.2 Å². The molecular formula is C29H36F3N7O2S. The van der Waals surface area contributed by atoms with Crippen molar-refractivity contribution in [3.8, 4) is 11.5 Å². The Morgan fingerprint density at radius 3 is 2.64 bits per heavy atom. The van der Waals surface area contributed by atoms with Crippen molar-refractivity contribution in [2.75, 3.05) is 57.9 Å². The minimum Gasteiger partial charge on any atom is -0.493 e. The average molecular weight is 604 g/mol. The van der Waals surface area contributed by atoms with E-state index in [4.69, 9.17) is 21.7 Å². The molecule has 5 rings (SSSR count). The van der Waals surface area contributed by atoms with Gasteiger partial charge in [0, 0.05) is 50.4 Å². The minimum atomic E-state index is -4.46. The topological polar surface area (TPSA) is 87.7 Å². The molecule has 0 bridgehead atoms. The molecule has 0 amide bonds. The van der Waals surface area contributed by atoms with Gasteiger partial charge in [0.25, 0.3) is 0 Å². The van der Waals surface area contributed by atoms with Gasteiger partial charge in [-0.3, -0.25) is 4.98 Å². The van der Waals surface area contributed by atoms with Crippen LogP contribution in [0.4, 0.5) is 19.0 Å². The highest BCUT2D eigenvalue weighted by Crippen LogP contribution is 2.35. The van der Waals surface area contributed by atoms with Gasteiger partial charge in [-0.05, 0) is 74.6 Å². The molecular weight excluding hydrogens is 567 g/mol. The molecule has 4 heterocycles. The molecule has 2 aromatic heterocycles. The van der Waals surface area contributed by atoms with Crippen molar-refractivity contribution in [1.29, 1.82) is 0 Å². The summed E-state index contributed by atoms with van der Waals surface area (Å²) in [5, 5.41) is 8.03. The highest BCUT2D eigenvalue weighted by atomic mass is 32.1. The fourth-order valence-electron chi connectivity index (χ4n) is 5.41. The van der Waals surface area contributed by atoms with E-state index in [-0.39, 0.29) is 0 Å². The summed E-state index contributed by atoms with van der Waals surface area (Å²) in [4.78, 5) is 16.8. The number of aromatic nitrogens is 3. The predicted molar refractivity (Wildman–Crippen MR) is 159 cm³/mol. The van der Waals surface area contributed by atoms with Crippen LogP contribution in [-0.2, 0) is 12.7 Å². The number of thiocarbonyl (C=S) groups is 1. The summed E-state index contributed by atoms with van der Waals surface area (Å²) in [6.45, 7) is 5.84. The average Bonchev–Trinajstić information content (AvgIpc) is 3.01. The van der Waals surface area contributed by atoms with Gasteiger partial charge in [0.2, 0.25) is 0 Å². The number of halogens is 3. The standard InChI is InChI=1S/C29H36F3N7O2S/c1-40-24-14-22-23(15-25(24)41-13-3-5-20-4-2-8-33-16-20)36-19-37-27(22)38-9-11-39(12-10-38)28(42)35-18-21-6-7-26(34-17-21)29(30,31)32/h6-7,14-15,17,19-20,33H,2-5,8-13,16,18H2,1H3,(H,35,42). The molecule has 2 aliphatic heterocycles. The van der Waals surface area contributed by atoms with Crippen LogP contribution >= 0.6 is 12.2 Å². The number of nitrogens with one attached hydrogen (secondary N) is 2. The first-order valence-corrected chi connectivity index (χ1v) is 14.7. The molecule has 3 aromatic rings. The number of hydrogen-bond donors (Lipinski definition) is 2. The summed E-state index contributed by atoms with van der Waals surface area (Å²) < 4.78 is 50.1. The Hall–Kier alpha value is -3.45. The Balaban J connectivity index is 1.15. The molecule has 0 saturated carbocycles. The van der Waals surface area contributed by atoms with Crippen molar-refractivity contribution in [1.82, 2.24) is 30.5 Å². The van der Waals surface area contributed by atoms with Gasteiger partial charge in [-0.25, -0.2) is 9.97 Å². The summed E-state index contributed by atoms with van der Waals surface area (Å²) in [6, 6.07) is 6.25. The lowest BCUT2D eigenvalue weighted by atomic mass is 9.95. The molecule has 2 N–H and O–H groups in total. The molecule has 42 heavy (non-hydrogen) atoms. The molecule has 9 nitrogen and oxygen atoms in total. The Morgan fingerprint density at radius 2 is 1.95 bits per heavy atom. The molecule has 1 atom stereocenters. The van der Waals surface area contributed by atoms with E-state index in [0.717, 1.165) is 54.6 Å². The van der Waals surface area contributed by atoms with Gasteiger partial charge in [0.1, 0.15) is 17.8 Å². The molecule has 2 aliphatic rings. The lowest BCUT2D eigenvalue weighted by Crippen LogP contribution is -2.51. The second-order valence-corrected chi connectivity index (χ2v) is 11.0. The van der Waals surface area contributed by atoms with Gasteiger partial charge >= 0.3 is 6.18 Å². The number of benzene rings is 1. The number of ether oxygens (including phenoxy) is 2. The third kappa shape index (κ3) is 7.49. The molecule has 2 fully saturated rings. The van der Waals surface area contributed by atoms with E-state index in [2.05, 4.69) is 30.5 Å². The zero-order valence-electron chi connectivity index (χ0n) is 23.6. The van der Waals surface area contributed by atoms with E-state index in [1.54, 1.807) is 13.4 Å². The minimum absolute atomic E-state index is 0.294. The van der Waals surface area contributed by atoms with Crippen LogP contribution in [0.15, 0.2) is 36.8 Å². The van der Waals surface area contributed by atoms with Gasteiger partial charge in [-0.2, -0.15) is 13.2 Å². The zero-order chi connectivity index (χ0) is 29.5. The highest BCUT2D eigenvalue weighted by Gasteiger charge is 2.32. The van der Waals surface area contributed by atoms with Crippen molar-refractivity contribution in [2.45, 2.75) is 38.4 Å². The van der Waals surface area contributed by atoms with E-state index in [1.807, 2.05) is 17.0 Å². The van der Waals surface area contributed by atoms with Gasteiger partial charge in [-0.1, -0.05) is 6.07 Å². The largest absolute Gasteiger partial charge is 0.493 e. The summed E-state index contributed by atoms with van der Waals surface area (Å²) in [7, 11) is 1.64. The quantitative estimate of drug-likeness (QED) is 0.271. The van der Waals surface area contributed by atoms with Crippen LogP contribution in [0.2, 0.25) is 0 Å². The Labute approximate surface area is 248 Å². The van der Waals surface area contributed by atoms with E-state index < -0.39 is 11.9 Å². The summed E-state index contributed by atoms with van der Waals surface area (Å²) in [5.41, 5.74) is 0.499. The van der Waals surface area contributed by atoms with Crippen molar-refractivity contribution in [2.24, 2.45) is 5.92 Å². The fourth-order valence-corrected chi connectivity index (χ4v) is 5.66. The lowest BCUT2D eigenvalue weighted by Gasteiger charge is -2.37. The van der Waals surface area contributed by atoms with Crippen molar-refractivity contribution in [3.05, 3.63) is 48.0 Å². The maximum Gasteiger partial charge on any atom is 0.433 e. The van der Waals surface area contributed by atoms with Crippen molar-refractivity contribution in [3.63, 3.8) is 0 Å². The molecule has 0 aliphatic carbocycles. The Kier molecular flexibility index (Phi) is 9.78. The molecule has 226 valence electrons. The number of piperazine rings is 1. The number of piperidine rings is 1. The molecule has 1 aromatic carbocycles. The summed E-state index contributed by atoms with van der Waals surface area (Å²) >= 11 is 5.55. The Bertz CT molecular complexity index is 1350. The maximum absolute atomic E-state index is 12.8. The second kappa shape index (κ2) is 13.7. The highest BCUT2D eigenvalue weighted by molar-refractivity contribution is 7.80. The van der Waals surface area contributed by atoms with Crippen LogP contribution < -0.4 is 25.0 Å². The normalized spacial score (nSPS) is 17.8. The number of pyridine rings is 1. The number of nitrogens with zero attached hydrogens (tertiary/aromatic N) is 5. The summed E-state index contributed by atoms with van der Waals surface area (Å²) in [6.07, 6.45) is 3.00. The molecule has 0 radical (unpaired) electrons. The van der Waals surface area contributed by atoms with Gasteiger partial charge < -0.3 is 29.9 Å². The smallest absolute Gasteiger partial charge is 0.433 e. The zero-order valence-corrected chi connectivity index (χ0v) is 24.4. The Morgan fingerprint density at radius 1 is 1.12 bits per heavy atom. The van der Waals surface area contributed by atoms with Crippen molar-refractivity contribution >= 4 is 34.1 Å². The van der Waals surface area contributed by atoms with Crippen LogP contribution in [0.5, 0.6) is 11.5 Å². The maximum atomic E-state index is 12.8. The molecule has 1 unspecified atom stereocenters. The molecule has 0 spiro atoms. The first-order valence-electron chi connectivity index (χ1n) is 14.3. The van der Waals surface area contributed by atoms with E-state index in [1.165, 1.54) is 25.1 Å². The number of fused-ring (bicyclic) bond motifs is 1. The van der Waals surface area contributed by atoms with Crippen LogP contribution in [0.25, 0.3) is 10.9 Å². The first kappa shape index (κ1) is 30.0.